The zero-order chi connectivity index (χ0) is 15.9. The minimum absolute atomic E-state index is 0.0884. The summed E-state index contributed by atoms with van der Waals surface area (Å²) in [4.78, 5) is 12.7. The lowest BCUT2D eigenvalue weighted by atomic mass is 10.1. The second kappa shape index (κ2) is 13.8. The van der Waals surface area contributed by atoms with Crippen molar-refractivity contribution in [3.63, 3.8) is 0 Å². The summed E-state index contributed by atoms with van der Waals surface area (Å²) in [6, 6.07) is 3.95. The van der Waals surface area contributed by atoms with E-state index in [1.165, 1.54) is 64.2 Å². The van der Waals surface area contributed by atoms with Crippen molar-refractivity contribution >= 4 is 17.3 Å². The third-order valence-corrected chi connectivity index (χ3v) is 4.79. The summed E-state index contributed by atoms with van der Waals surface area (Å²) < 4.78 is 5.27. The summed E-state index contributed by atoms with van der Waals surface area (Å²) in [6.45, 7) is 2.85. The molecule has 0 bridgehead atoms. The molecule has 0 aromatic carbocycles. The van der Waals surface area contributed by atoms with Crippen LogP contribution in [0.3, 0.4) is 0 Å². The molecule has 0 saturated carbocycles. The van der Waals surface area contributed by atoms with E-state index in [4.69, 9.17) is 4.74 Å². The Bertz CT molecular complexity index is 360. The molecule has 0 amide bonds. The number of carbonyl (C=O) groups excluding carboxylic acids is 1. The molecule has 1 heterocycles. The lowest BCUT2D eigenvalue weighted by molar-refractivity contribution is -0.142. The fraction of sp³-hybridized carbons (Fsp3) is 0.737. The number of esters is 1. The highest BCUT2D eigenvalue weighted by Crippen LogP contribution is 2.12. The van der Waals surface area contributed by atoms with E-state index in [2.05, 4.69) is 6.92 Å². The predicted octanol–water partition coefficient (Wildman–Crippen LogP) is 6.14. The Labute approximate surface area is 140 Å². The van der Waals surface area contributed by atoms with Crippen molar-refractivity contribution in [2.45, 2.75) is 84.0 Å². The zero-order valence-corrected chi connectivity index (χ0v) is 15.0. The molecule has 1 aromatic heterocycles. The van der Waals surface area contributed by atoms with Gasteiger partial charge < -0.3 is 4.74 Å². The van der Waals surface area contributed by atoms with E-state index in [-0.39, 0.29) is 5.97 Å². The first-order valence-corrected chi connectivity index (χ1v) is 9.89. The van der Waals surface area contributed by atoms with Gasteiger partial charge in [-0.15, -0.1) is 11.3 Å². The monoisotopic (exact) mass is 324 g/mol. The highest BCUT2D eigenvalue weighted by Gasteiger charge is 2.04. The maximum atomic E-state index is 11.6. The summed E-state index contributed by atoms with van der Waals surface area (Å²) in [5.41, 5.74) is 0. The van der Waals surface area contributed by atoms with Gasteiger partial charge >= 0.3 is 5.97 Å². The summed E-state index contributed by atoms with van der Waals surface area (Å²) in [6.07, 6.45) is 14.9. The van der Waals surface area contributed by atoms with E-state index >= 15 is 0 Å². The average molecular weight is 325 g/mol. The maximum absolute atomic E-state index is 11.6. The SMILES string of the molecule is CCCCCCCCCCCCCOC(=O)Cc1cccs1. The number of hydrogen-bond donors (Lipinski definition) is 0. The molecule has 3 heteroatoms. The van der Waals surface area contributed by atoms with Gasteiger partial charge in [-0.2, -0.15) is 0 Å². The van der Waals surface area contributed by atoms with Crippen LogP contribution in [-0.2, 0) is 16.0 Å². The van der Waals surface area contributed by atoms with Crippen LogP contribution in [0.2, 0.25) is 0 Å². The molecule has 0 spiro atoms. The molecule has 1 aromatic rings. The van der Waals surface area contributed by atoms with E-state index in [0.717, 1.165) is 11.3 Å². The van der Waals surface area contributed by atoms with Gasteiger partial charge in [0.05, 0.1) is 13.0 Å². The van der Waals surface area contributed by atoms with E-state index in [0.29, 0.717) is 13.0 Å². The normalized spacial score (nSPS) is 10.8. The summed E-state index contributed by atoms with van der Waals surface area (Å²) in [5, 5.41) is 1.99. The molecule has 0 fully saturated rings. The Morgan fingerprint density at radius 1 is 0.955 bits per heavy atom. The third kappa shape index (κ3) is 10.8. The molecule has 0 aliphatic carbocycles. The molecule has 0 N–H and O–H groups in total. The quantitative estimate of drug-likeness (QED) is 0.303. The van der Waals surface area contributed by atoms with Gasteiger partial charge in [0, 0.05) is 4.88 Å². The van der Waals surface area contributed by atoms with Gasteiger partial charge in [0.15, 0.2) is 0 Å². The molecule has 1 rings (SSSR count). The molecule has 0 aliphatic rings. The van der Waals surface area contributed by atoms with Crippen molar-refractivity contribution in [3.8, 4) is 0 Å². The Balaban J connectivity index is 1.79. The van der Waals surface area contributed by atoms with Gasteiger partial charge in [-0.25, -0.2) is 0 Å². The smallest absolute Gasteiger partial charge is 0.311 e. The van der Waals surface area contributed by atoms with E-state index in [1.54, 1.807) is 11.3 Å². The van der Waals surface area contributed by atoms with Crippen molar-refractivity contribution < 1.29 is 9.53 Å². The van der Waals surface area contributed by atoms with Crippen LogP contribution in [0.1, 0.15) is 82.4 Å². The minimum Gasteiger partial charge on any atom is -0.465 e. The maximum Gasteiger partial charge on any atom is 0.311 e. The van der Waals surface area contributed by atoms with Crippen LogP contribution < -0.4 is 0 Å². The van der Waals surface area contributed by atoms with E-state index in [1.807, 2.05) is 17.5 Å². The van der Waals surface area contributed by atoms with Gasteiger partial charge in [0.1, 0.15) is 0 Å². The molecule has 2 nitrogen and oxygen atoms in total. The minimum atomic E-state index is -0.0884. The van der Waals surface area contributed by atoms with Crippen molar-refractivity contribution in [1.82, 2.24) is 0 Å². The van der Waals surface area contributed by atoms with Gasteiger partial charge in [-0.3, -0.25) is 4.79 Å². The highest BCUT2D eigenvalue weighted by atomic mass is 32.1. The Morgan fingerprint density at radius 3 is 2.09 bits per heavy atom. The predicted molar refractivity (Wildman–Crippen MR) is 95.4 cm³/mol. The molecule has 0 unspecified atom stereocenters. The topological polar surface area (TPSA) is 26.3 Å². The Morgan fingerprint density at radius 2 is 1.55 bits per heavy atom. The van der Waals surface area contributed by atoms with E-state index < -0.39 is 0 Å². The Hall–Kier alpha value is -0.830. The van der Waals surface area contributed by atoms with Gasteiger partial charge in [0.2, 0.25) is 0 Å². The van der Waals surface area contributed by atoms with Crippen molar-refractivity contribution in [2.75, 3.05) is 6.61 Å². The van der Waals surface area contributed by atoms with Crippen LogP contribution in [0.4, 0.5) is 0 Å². The second-order valence-electron chi connectivity index (χ2n) is 6.01. The van der Waals surface area contributed by atoms with Gasteiger partial charge in [-0.05, 0) is 17.9 Å². The Kier molecular flexibility index (Phi) is 12.1. The molecular weight excluding hydrogens is 292 g/mol. The van der Waals surface area contributed by atoms with Crippen molar-refractivity contribution in [3.05, 3.63) is 22.4 Å². The highest BCUT2D eigenvalue weighted by molar-refractivity contribution is 7.10. The largest absolute Gasteiger partial charge is 0.465 e. The number of ether oxygens (including phenoxy) is 1. The molecule has 0 aliphatic heterocycles. The van der Waals surface area contributed by atoms with Crippen molar-refractivity contribution in [1.29, 1.82) is 0 Å². The van der Waals surface area contributed by atoms with Gasteiger partial charge in [0.25, 0.3) is 0 Å². The van der Waals surface area contributed by atoms with Crippen LogP contribution >= 0.6 is 11.3 Å². The van der Waals surface area contributed by atoms with Crippen LogP contribution in [0.25, 0.3) is 0 Å². The molecule has 0 radical (unpaired) electrons. The molecular formula is C19H32O2S. The molecule has 0 atom stereocenters. The van der Waals surface area contributed by atoms with Crippen LogP contribution in [-0.4, -0.2) is 12.6 Å². The number of unbranched alkanes of at least 4 members (excludes halogenated alkanes) is 10. The van der Waals surface area contributed by atoms with Gasteiger partial charge in [-0.1, -0.05) is 77.2 Å². The van der Waals surface area contributed by atoms with E-state index in [9.17, 15) is 4.79 Å². The van der Waals surface area contributed by atoms with Crippen molar-refractivity contribution in [2.24, 2.45) is 0 Å². The van der Waals surface area contributed by atoms with Crippen LogP contribution in [0.15, 0.2) is 17.5 Å². The number of hydrogen-bond acceptors (Lipinski definition) is 3. The summed E-state index contributed by atoms with van der Waals surface area (Å²) >= 11 is 1.61. The standard InChI is InChI=1S/C19H32O2S/c1-2-3-4-5-6-7-8-9-10-11-12-15-21-19(20)17-18-14-13-16-22-18/h13-14,16H,2-12,15,17H2,1H3. The zero-order valence-electron chi connectivity index (χ0n) is 14.1. The second-order valence-corrected chi connectivity index (χ2v) is 7.04. The van der Waals surface area contributed by atoms with Crippen LogP contribution in [0, 0.1) is 0 Å². The average Bonchev–Trinajstić information content (AvgIpc) is 3.01. The first kappa shape index (κ1) is 19.2. The first-order valence-electron chi connectivity index (χ1n) is 9.01. The third-order valence-electron chi connectivity index (χ3n) is 3.91. The number of carbonyl (C=O) groups is 1. The lowest BCUT2D eigenvalue weighted by Gasteiger charge is -2.04. The fourth-order valence-electron chi connectivity index (χ4n) is 2.56. The number of rotatable bonds is 14. The van der Waals surface area contributed by atoms with Crippen LogP contribution in [0.5, 0.6) is 0 Å². The molecule has 126 valence electrons. The lowest BCUT2D eigenvalue weighted by Crippen LogP contribution is -2.08. The first-order chi connectivity index (χ1) is 10.8. The molecule has 22 heavy (non-hydrogen) atoms. The summed E-state index contributed by atoms with van der Waals surface area (Å²) in [7, 11) is 0. The fourth-order valence-corrected chi connectivity index (χ4v) is 3.25. The summed E-state index contributed by atoms with van der Waals surface area (Å²) in [5.74, 6) is -0.0884. The number of thiophene rings is 1. The molecule has 0 saturated heterocycles.